The second-order valence-corrected chi connectivity index (χ2v) is 8.05. The monoisotopic (exact) mass is 510 g/mol. The Kier molecular flexibility index (Phi) is 8.35. The second-order valence-electron chi connectivity index (χ2n) is 6.94. The van der Waals surface area contributed by atoms with Crippen molar-refractivity contribution >= 4 is 47.3 Å². The van der Waals surface area contributed by atoms with Crippen LogP contribution in [0.15, 0.2) is 39.2 Å². The fourth-order valence-electron chi connectivity index (χ4n) is 3.17. The van der Waals surface area contributed by atoms with Crippen LogP contribution in [-0.2, 0) is 38.2 Å². The van der Waals surface area contributed by atoms with Crippen molar-refractivity contribution in [3.8, 4) is 0 Å². The molecule has 2 atom stereocenters. The average molecular weight is 510 g/mol. The van der Waals surface area contributed by atoms with E-state index in [9.17, 15) is 24.0 Å². The molecule has 1 aromatic rings. The molecule has 3 N–H and O–H groups in total. The van der Waals surface area contributed by atoms with Crippen molar-refractivity contribution in [3.05, 3.63) is 35.4 Å². The zero-order valence-electron chi connectivity index (χ0n) is 18.7. The van der Waals surface area contributed by atoms with Gasteiger partial charge >= 0.3 is 18.0 Å². The summed E-state index contributed by atoms with van der Waals surface area (Å²) in [7, 11) is 1.25. The molecular weight excluding hydrogens is 488 g/mol. The molecule has 35 heavy (non-hydrogen) atoms. The number of rotatable bonds is 10. The van der Waals surface area contributed by atoms with E-state index in [2.05, 4.69) is 10.5 Å². The number of carbonyl (C=O) groups excluding carboxylic acids is 5. The number of carbonyl (C=O) groups is 5. The zero-order chi connectivity index (χ0) is 25.5. The molecule has 3 heterocycles. The van der Waals surface area contributed by atoms with Gasteiger partial charge in [-0.2, -0.15) is 0 Å². The summed E-state index contributed by atoms with van der Waals surface area (Å²) < 4.78 is 19.7. The van der Waals surface area contributed by atoms with Gasteiger partial charge in [-0.3, -0.25) is 19.3 Å². The Morgan fingerprint density at radius 2 is 2.06 bits per heavy atom. The van der Waals surface area contributed by atoms with Crippen LogP contribution in [0.2, 0.25) is 0 Å². The fourth-order valence-corrected chi connectivity index (χ4v) is 4.50. The highest BCUT2D eigenvalue weighted by molar-refractivity contribution is 8.00. The van der Waals surface area contributed by atoms with Crippen LogP contribution in [0.3, 0.4) is 0 Å². The number of oxime groups is 1. The van der Waals surface area contributed by atoms with Gasteiger partial charge in [0.25, 0.3) is 11.8 Å². The maximum Gasteiger partial charge on any atom is 0.404 e. The van der Waals surface area contributed by atoms with Gasteiger partial charge in [0.15, 0.2) is 5.76 Å². The molecule has 0 aliphatic carbocycles. The minimum Gasteiger partial charge on any atom is -0.462 e. The highest BCUT2D eigenvalue weighted by Crippen LogP contribution is 2.40. The van der Waals surface area contributed by atoms with Crippen LogP contribution in [0.4, 0.5) is 4.79 Å². The minimum absolute atomic E-state index is 0.0784. The number of nitrogens with two attached hydrogens (primary N) is 1. The molecule has 15 heteroatoms. The van der Waals surface area contributed by atoms with Crippen molar-refractivity contribution < 1.29 is 47.4 Å². The van der Waals surface area contributed by atoms with Crippen molar-refractivity contribution in [3.63, 3.8) is 0 Å². The number of nitrogens with zero attached hydrogens (tertiary/aromatic N) is 2. The number of primary amides is 1. The van der Waals surface area contributed by atoms with Gasteiger partial charge in [0.05, 0.1) is 6.26 Å². The minimum atomic E-state index is -1.07. The first kappa shape index (κ1) is 25.6. The van der Waals surface area contributed by atoms with Gasteiger partial charge in [0.2, 0.25) is 12.5 Å². The number of β-lactam (4-membered cyclic amide) rings is 1. The number of hydrogen-bond acceptors (Lipinski definition) is 12. The Bertz CT molecular complexity index is 1070. The van der Waals surface area contributed by atoms with E-state index in [1.807, 2.05) is 0 Å². The van der Waals surface area contributed by atoms with E-state index in [-0.39, 0.29) is 41.5 Å². The number of ether oxygens (including phenoxy) is 3. The third kappa shape index (κ3) is 5.74. The first-order valence-electron chi connectivity index (χ1n) is 10.2. The number of nitrogens with one attached hydrogen (secondary N) is 1. The van der Waals surface area contributed by atoms with Crippen LogP contribution < -0.4 is 11.1 Å². The summed E-state index contributed by atoms with van der Waals surface area (Å²) in [5.41, 5.74) is 4.90. The van der Waals surface area contributed by atoms with Crippen LogP contribution in [0.5, 0.6) is 0 Å². The summed E-state index contributed by atoms with van der Waals surface area (Å²) >= 11 is 1.22. The number of thioether (sulfide) groups is 1. The lowest BCUT2D eigenvalue weighted by molar-refractivity contribution is -0.167. The van der Waals surface area contributed by atoms with E-state index >= 15 is 0 Å². The van der Waals surface area contributed by atoms with Crippen LogP contribution in [0.25, 0.3) is 0 Å². The van der Waals surface area contributed by atoms with Crippen LogP contribution in [0, 0.1) is 0 Å². The Labute approximate surface area is 202 Å². The molecular formula is C20H22N4O10S. The number of hydrogen-bond donors (Lipinski definition) is 2. The van der Waals surface area contributed by atoms with Crippen molar-refractivity contribution in [1.82, 2.24) is 10.2 Å². The lowest BCUT2D eigenvalue weighted by Crippen LogP contribution is -2.71. The average Bonchev–Trinajstić information content (AvgIpc) is 3.37. The molecule has 0 radical (unpaired) electrons. The second kappa shape index (κ2) is 11.4. The fraction of sp³-hybridized carbons (Fsp3) is 0.400. The Morgan fingerprint density at radius 3 is 2.69 bits per heavy atom. The third-order valence-electron chi connectivity index (χ3n) is 4.77. The van der Waals surface area contributed by atoms with Gasteiger partial charge in [-0.05, 0) is 12.1 Å². The zero-order valence-corrected chi connectivity index (χ0v) is 19.5. The van der Waals surface area contributed by atoms with Gasteiger partial charge in [-0.1, -0.05) is 12.1 Å². The number of furan rings is 1. The Morgan fingerprint density at radius 1 is 1.29 bits per heavy atom. The summed E-state index contributed by atoms with van der Waals surface area (Å²) in [6.07, 6.45) is 0.351. The number of amides is 3. The molecule has 3 amide bonds. The van der Waals surface area contributed by atoms with Crippen molar-refractivity contribution in [2.24, 2.45) is 10.9 Å². The van der Waals surface area contributed by atoms with Gasteiger partial charge < -0.3 is 34.5 Å². The Balaban J connectivity index is 1.77. The van der Waals surface area contributed by atoms with E-state index in [1.54, 1.807) is 13.0 Å². The number of fused-ring (bicyclic) bond motifs is 1. The van der Waals surface area contributed by atoms with Gasteiger partial charge in [0, 0.05) is 17.7 Å². The molecule has 1 fully saturated rings. The molecule has 1 saturated heterocycles. The molecule has 0 spiro atoms. The highest BCUT2D eigenvalue weighted by Gasteiger charge is 2.55. The van der Waals surface area contributed by atoms with Crippen LogP contribution in [0.1, 0.15) is 19.1 Å². The van der Waals surface area contributed by atoms with Crippen molar-refractivity contribution in [1.29, 1.82) is 0 Å². The summed E-state index contributed by atoms with van der Waals surface area (Å²) in [5.74, 6) is -2.64. The summed E-state index contributed by atoms with van der Waals surface area (Å²) in [6.45, 7) is 0.536. The standard InChI is InChI=1S/C20H22N4O10S/c1-3-12(25)33-9-34-19(28)15-10(7-32-20(21)29)8-35-18-14(17(27)24(15)18)22-16(26)13(23-30-2)11-5-4-6-31-11/h4-6,14,18H,3,7-9H2,1-2H3,(H2,21,29)(H,22,26)/b23-13-/t14-,18-/m1/s1. The van der Waals surface area contributed by atoms with Gasteiger partial charge in [-0.15, -0.1) is 11.8 Å². The normalized spacial score (nSPS) is 19.3. The van der Waals surface area contributed by atoms with Crippen molar-refractivity contribution in [2.45, 2.75) is 24.8 Å². The SMILES string of the molecule is CCC(=O)OCOC(=O)C1=C(COC(N)=O)CS[C@@H]2[C@H](NC(=O)/C(=N\OC)c3ccco3)C(=O)N12. The highest BCUT2D eigenvalue weighted by atomic mass is 32.2. The van der Waals surface area contributed by atoms with E-state index < -0.39 is 48.1 Å². The predicted molar refractivity (Wildman–Crippen MR) is 117 cm³/mol. The maximum atomic E-state index is 13.0. The largest absolute Gasteiger partial charge is 0.462 e. The van der Waals surface area contributed by atoms with E-state index in [1.165, 1.54) is 31.2 Å². The molecule has 0 aromatic carbocycles. The van der Waals surface area contributed by atoms with Crippen LogP contribution >= 0.6 is 11.8 Å². The molecule has 1 aromatic heterocycles. The molecule has 0 bridgehead atoms. The molecule has 2 aliphatic rings. The maximum absolute atomic E-state index is 13.0. The van der Waals surface area contributed by atoms with E-state index in [0.717, 1.165) is 4.90 Å². The summed E-state index contributed by atoms with van der Waals surface area (Å²) in [4.78, 5) is 66.6. The predicted octanol–water partition coefficient (Wildman–Crippen LogP) is -0.167. The van der Waals surface area contributed by atoms with Gasteiger partial charge in [-0.25, -0.2) is 9.59 Å². The summed E-state index contributed by atoms with van der Waals surface area (Å²) in [6, 6.07) is 2.04. The molecule has 3 rings (SSSR count). The van der Waals surface area contributed by atoms with E-state index in [0.29, 0.717) is 0 Å². The quantitative estimate of drug-likeness (QED) is 0.140. The van der Waals surface area contributed by atoms with Crippen LogP contribution in [-0.4, -0.2) is 78.1 Å². The lowest BCUT2D eigenvalue weighted by atomic mass is 10.0. The summed E-state index contributed by atoms with van der Waals surface area (Å²) in [5, 5.41) is 5.53. The molecule has 188 valence electrons. The topological polar surface area (TPSA) is 189 Å². The molecule has 2 aliphatic heterocycles. The Hall–Kier alpha value is -4.01. The molecule has 0 saturated carbocycles. The van der Waals surface area contributed by atoms with Gasteiger partial charge in [0.1, 0.15) is 30.8 Å². The van der Waals surface area contributed by atoms with Crippen molar-refractivity contribution in [2.75, 3.05) is 26.3 Å². The lowest BCUT2D eigenvalue weighted by Gasteiger charge is -2.49. The number of esters is 2. The first-order chi connectivity index (χ1) is 16.8. The third-order valence-corrected chi connectivity index (χ3v) is 6.11. The smallest absolute Gasteiger partial charge is 0.404 e. The molecule has 14 nitrogen and oxygen atoms in total. The molecule has 0 unspecified atom stereocenters. The first-order valence-corrected chi connectivity index (χ1v) is 11.2. The van der Waals surface area contributed by atoms with E-state index in [4.69, 9.17) is 29.2 Å².